The fourth-order valence-corrected chi connectivity index (χ4v) is 4.40. The van der Waals surface area contributed by atoms with Crippen LogP contribution in [0.1, 0.15) is 22.5 Å². The molecule has 0 spiro atoms. The highest BCUT2D eigenvalue weighted by Gasteiger charge is 2.19. The molecule has 0 aliphatic carbocycles. The van der Waals surface area contributed by atoms with Gasteiger partial charge in [0.15, 0.2) is 16.8 Å². The fraction of sp³-hybridized carbons (Fsp3) is 0.409. The normalized spacial score (nSPS) is 14.8. The molecule has 0 amide bonds. The SMILES string of the molecule is Cc1occc1-c1nnc(SCC(=O)c2ccc(F)cc2)n1CCCN1CCOCC1. The number of aromatic nitrogens is 3. The molecule has 0 saturated carbocycles. The van der Waals surface area contributed by atoms with E-state index in [0.717, 1.165) is 63.0 Å². The number of carbonyl (C=O) groups excluding carboxylic acids is 1. The van der Waals surface area contributed by atoms with Crippen LogP contribution in [0.4, 0.5) is 4.39 Å². The molecule has 9 heteroatoms. The van der Waals surface area contributed by atoms with E-state index in [9.17, 15) is 9.18 Å². The summed E-state index contributed by atoms with van der Waals surface area (Å²) in [5.41, 5.74) is 1.38. The smallest absolute Gasteiger partial charge is 0.191 e. The van der Waals surface area contributed by atoms with E-state index < -0.39 is 0 Å². The summed E-state index contributed by atoms with van der Waals surface area (Å²) in [5, 5.41) is 9.42. The van der Waals surface area contributed by atoms with E-state index in [0.29, 0.717) is 10.7 Å². The maximum atomic E-state index is 13.1. The summed E-state index contributed by atoms with van der Waals surface area (Å²) in [6, 6.07) is 7.49. The Bertz CT molecular complexity index is 1010. The first-order valence-electron chi connectivity index (χ1n) is 10.3. The zero-order chi connectivity index (χ0) is 21.6. The summed E-state index contributed by atoms with van der Waals surface area (Å²) < 4.78 is 26.0. The number of halogens is 1. The van der Waals surface area contributed by atoms with Gasteiger partial charge in [0.1, 0.15) is 11.6 Å². The van der Waals surface area contributed by atoms with Crippen molar-refractivity contribution in [1.82, 2.24) is 19.7 Å². The van der Waals surface area contributed by atoms with E-state index in [-0.39, 0.29) is 17.4 Å². The van der Waals surface area contributed by atoms with Gasteiger partial charge in [-0.05, 0) is 43.7 Å². The van der Waals surface area contributed by atoms with E-state index in [4.69, 9.17) is 9.15 Å². The van der Waals surface area contributed by atoms with Crippen LogP contribution in [0.3, 0.4) is 0 Å². The largest absolute Gasteiger partial charge is 0.469 e. The number of Topliss-reactive ketones (excluding diaryl/α,β-unsaturated/α-hetero) is 1. The third-order valence-electron chi connectivity index (χ3n) is 5.27. The van der Waals surface area contributed by atoms with Gasteiger partial charge < -0.3 is 13.7 Å². The Labute approximate surface area is 184 Å². The maximum absolute atomic E-state index is 13.1. The predicted octanol–water partition coefficient (Wildman–Crippen LogP) is 3.68. The number of hydrogen-bond donors (Lipinski definition) is 0. The molecule has 0 N–H and O–H groups in total. The summed E-state index contributed by atoms with van der Waals surface area (Å²) in [6.45, 7) is 7.04. The number of rotatable bonds is 9. The van der Waals surface area contributed by atoms with E-state index >= 15 is 0 Å². The molecule has 0 bridgehead atoms. The summed E-state index contributed by atoms with van der Waals surface area (Å²) in [7, 11) is 0. The molecule has 4 rings (SSSR count). The van der Waals surface area contributed by atoms with Crippen molar-refractivity contribution in [2.45, 2.75) is 25.0 Å². The minimum absolute atomic E-state index is 0.0751. The minimum Gasteiger partial charge on any atom is -0.469 e. The first kappa shape index (κ1) is 21.7. The van der Waals surface area contributed by atoms with Crippen LogP contribution in [-0.2, 0) is 11.3 Å². The van der Waals surface area contributed by atoms with Crippen LogP contribution < -0.4 is 0 Å². The number of ether oxygens (including phenoxy) is 1. The second-order valence-electron chi connectivity index (χ2n) is 7.37. The molecule has 1 fully saturated rings. The average Bonchev–Trinajstić information content (AvgIpc) is 3.39. The number of ketones is 1. The molecule has 0 radical (unpaired) electrons. The summed E-state index contributed by atoms with van der Waals surface area (Å²) in [4.78, 5) is 14.9. The Hall–Kier alpha value is -2.49. The number of nitrogens with zero attached hydrogens (tertiary/aromatic N) is 4. The molecule has 2 aromatic heterocycles. The van der Waals surface area contributed by atoms with E-state index in [1.165, 1.54) is 36.0 Å². The van der Waals surface area contributed by atoms with E-state index in [1.807, 2.05) is 13.0 Å². The van der Waals surface area contributed by atoms with Crippen LogP contribution in [0.15, 0.2) is 46.2 Å². The van der Waals surface area contributed by atoms with Crippen molar-refractivity contribution in [2.75, 3.05) is 38.6 Å². The lowest BCUT2D eigenvalue weighted by atomic mass is 10.1. The molecular weight excluding hydrogens is 419 g/mol. The van der Waals surface area contributed by atoms with E-state index in [1.54, 1.807) is 6.26 Å². The van der Waals surface area contributed by atoms with Gasteiger partial charge >= 0.3 is 0 Å². The molecule has 3 heterocycles. The topological polar surface area (TPSA) is 73.4 Å². The Morgan fingerprint density at radius 1 is 1.13 bits per heavy atom. The Kier molecular flexibility index (Phi) is 7.16. The Morgan fingerprint density at radius 2 is 1.90 bits per heavy atom. The first-order valence-corrected chi connectivity index (χ1v) is 11.3. The highest BCUT2D eigenvalue weighted by Crippen LogP contribution is 2.28. The first-order chi connectivity index (χ1) is 15.1. The third-order valence-corrected chi connectivity index (χ3v) is 6.24. The van der Waals surface area contributed by atoms with Gasteiger partial charge in [-0.1, -0.05) is 11.8 Å². The Morgan fingerprint density at radius 3 is 2.61 bits per heavy atom. The van der Waals surface area contributed by atoms with Gasteiger partial charge in [-0.25, -0.2) is 4.39 Å². The zero-order valence-corrected chi connectivity index (χ0v) is 18.2. The monoisotopic (exact) mass is 444 g/mol. The van der Waals surface area contributed by atoms with Crippen LogP contribution in [-0.4, -0.2) is 64.0 Å². The molecular formula is C22H25FN4O3S. The van der Waals surface area contributed by atoms with Gasteiger partial charge in [0.05, 0.1) is 30.8 Å². The molecule has 1 aromatic carbocycles. The number of carbonyl (C=O) groups is 1. The van der Waals surface area contributed by atoms with Gasteiger partial charge in [-0.3, -0.25) is 9.69 Å². The maximum Gasteiger partial charge on any atom is 0.191 e. The van der Waals surface area contributed by atoms with Crippen LogP contribution in [0.25, 0.3) is 11.4 Å². The summed E-state index contributed by atoms with van der Waals surface area (Å²) in [5.74, 6) is 1.29. The lowest BCUT2D eigenvalue weighted by molar-refractivity contribution is 0.0369. The summed E-state index contributed by atoms with van der Waals surface area (Å²) >= 11 is 1.35. The zero-order valence-electron chi connectivity index (χ0n) is 17.4. The summed E-state index contributed by atoms with van der Waals surface area (Å²) in [6.07, 6.45) is 2.57. The molecule has 1 aliphatic heterocycles. The van der Waals surface area contributed by atoms with Crippen LogP contribution in [0, 0.1) is 12.7 Å². The molecule has 0 atom stereocenters. The van der Waals surface area contributed by atoms with E-state index in [2.05, 4.69) is 19.7 Å². The van der Waals surface area contributed by atoms with Crippen LogP contribution in [0.2, 0.25) is 0 Å². The lowest BCUT2D eigenvalue weighted by Crippen LogP contribution is -2.37. The molecule has 1 saturated heterocycles. The number of hydrogen-bond acceptors (Lipinski definition) is 7. The number of aryl methyl sites for hydroxylation is 1. The lowest BCUT2D eigenvalue weighted by Gasteiger charge is -2.26. The van der Waals surface area contributed by atoms with Crippen molar-refractivity contribution in [2.24, 2.45) is 0 Å². The van der Waals surface area contributed by atoms with Crippen molar-refractivity contribution >= 4 is 17.5 Å². The highest BCUT2D eigenvalue weighted by atomic mass is 32.2. The standard InChI is InChI=1S/C22H25FN4O3S/c1-16-19(7-12-30-16)21-24-25-22(27(21)9-2-8-26-10-13-29-14-11-26)31-15-20(28)17-3-5-18(23)6-4-17/h3-7,12H,2,8-11,13-15H2,1H3. The highest BCUT2D eigenvalue weighted by molar-refractivity contribution is 7.99. The molecule has 1 aliphatic rings. The van der Waals surface area contributed by atoms with Crippen LogP contribution >= 0.6 is 11.8 Å². The van der Waals surface area contributed by atoms with Crippen molar-refractivity contribution in [3.8, 4) is 11.4 Å². The second kappa shape index (κ2) is 10.2. The van der Waals surface area contributed by atoms with Gasteiger partial charge in [-0.15, -0.1) is 10.2 Å². The van der Waals surface area contributed by atoms with Gasteiger partial charge in [0.25, 0.3) is 0 Å². The quantitative estimate of drug-likeness (QED) is 0.368. The fourth-order valence-electron chi connectivity index (χ4n) is 3.54. The van der Waals surface area contributed by atoms with Crippen molar-refractivity contribution in [3.63, 3.8) is 0 Å². The predicted molar refractivity (Wildman–Crippen MR) is 116 cm³/mol. The Balaban J connectivity index is 1.46. The van der Waals surface area contributed by atoms with Gasteiger partial charge in [0, 0.05) is 31.7 Å². The number of benzene rings is 1. The van der Waals surface area contributed by atoms with Gasteiger partial charge in [0.2, 0.25) is 0 Å². The number of morpholine rings is 1. The van der Waals surface area contributed by atoms with Crippen molar-refractivity contribution < 1.29 is 18.3 Å². The minimum atomic E-state index is -0.357. The number of thioether (sulfide) groups is 1. The van der Waals surface area contributed by atoms with Crippen molar-refractivity contribution in [3.05, 3.63) is 53.7 Å². The molecule has 164 valence electrons. The van der Waals surface area contributed by atoms with Gasteiger partial charge in [-0.2, -0.15) is 0 Å². The molecule has 3 aromatic rings. The molecule has 31 heavy (non-hydrogen) atoms. The average molecular weight is 445 g/mol. The second-order valence-corrected chi connectivity index (χ2v) is 8.32. The number of furan rings is 1. The molecule has 7 nitrogen and oxygen atoms in total. The van der Waals surface area contributed by atoms with Crippen LogP contribution in [0.5, 0.6) is 0 Å². The third kappa shape index (κ3) is 5.41. The van der Waals surface area contributed by atoms with Crippen molar-refractivity contribution in [1.29, 1.82) is 0 Å². The molecule has 0 unspecified atom stereocenters.